The number of nitrogens with zero attached hydrogens (tertiary/aromatic N) is 1. The number of rotatable bonds is 4. The van der Waals surface area contributed by atoms with Crippen LogP contribution in [0.25, 0.3) is 10.9 Å². The number of pyridine rings is 1. The molecule has 1 aromatic heterocycles. The molecule has 1 amide bonds. The van der Waals surface area contributed by atoms with Crippen LogP contribution in [-0.4, -0.2) is 40.3 Å². The molecule has 4 rings (SSSR count). The molecule has 27 heavy (non-hydrogen) atoms. The first-order chi connectivity index (χ1) is 13.1. The molecular formula is C21H27N3O3. The summed E-state index contributed by atoms with van der Waals surface area (Å²) < 4.78 is 6.15. The van der Waals surface area contributed by atoms with Gasteiger partial charge < -0.3 is 20.9 Å². The van der Waals surface area contributed by atoms with Crippen LogP contribution in [0.2, 0.25) is 0 Å². The van der Waals surface area contributed by atoms with Crippen molar-refractivity contribution in [2.45, 2.75) is 62.8 Å². The van der Waals surface area contributed by atoms with Crippen molar-refractivity contribution in [3.8, 4) is 5.75 Å². The SMILES string of the molecule is N[C@@H]1C[C@H](C(=O)NC2CCC(Oc3ccc4ncccc4c3)CC2)C[C@H]1O. The molecule has 3 atom stereocenters. The van der Waals surface area contributed by atoms with Crippen LogP contribution in [0.3, 0.4) is 0 Å². The minimum absolute atomic E-state index is 0.0356. The lowest BCUT2D eigenvalue weighted by Crippen LogP contribution is -2.42. The summed E-state index contributed by atoms with van der Waals surface area (Å²) in [4.78, 5) is 16.7. The molecule has 2 aliphatic rings. The number of aromatic nitrogens is 1. The van der Waals surface area contributed by atoms with E-state index in [1.165, 1.54) is 0 Å². The van der Waals surface area contributed by atoms with Gasteiger partial charge in [-0.1, -0.05) is 6.07 Å². The van der Waals surface area contributed by atoms with Crippen molar-refractivity contribution in [1.29, 1.82) is 0 Å². The Kier molecular flexibility index (Phi) is 5.27. The smallest absolute Gasteiger partial charge is 0.223 e. The molecule has 0 aliphatic heterocycles. The maximum absolute atomic E-state index is 12.4. The zero-order valence-electron chi connectivity index (χ0n) is 15.4. The van der Waals surface area contributed by atoms with Crippen molar-refractivity contribution in [2.75, 3.05) is 0 Å². The van der Waals surface area contributed by atoms with Crippen LogP contribution in [0, 0.1) is 5.92 Å². The second-order valence-electron chi connectivity index (χ2n) is 7.86. The number of fused-ring (bicyclic) bond motifs is 1. The number of carbonyl (C=O) groups is 1. The highest BCUT2D eigenvalue weighted by molar-refractivity contribution is 5.80. The summed E-state index contributed by atoms with van der Waals surface area (Å²) in [5, 5.41) is 14.0. The van der Waals surface area contributed by atoms with E-state index < -0.39 is 6.10 Å². The molecule has 0 unspecified atom stereocenters. The average molecular weight is 369 g/mol. The number of ether oxygens (including phenoxy) is 1. The van der Waals surface area contributed by atoms with E-state index in [1.54, 1.807) is 6.20 Å². The largest absolute Gasteiger partial charge is 0.490 e. The van der Waals surface area contributed by atoms with Crippen LogP contribution in [0.15, 0.2) is 36.5 Å². The van der Waals surface area contributed by atoms with E-state index in [0.29, 0.717) is 12.8 Å². The number of nitrogens with two attached hydrogens (primary N) is 1. The van der Waals surface area contributed by atoms with Gasteiger partial charge in [0.05, 0.1) is 17.7 Å². The summed E-state index contributed by atoms with van der Waals surface area (Å²) in [5.74, 6) is 0.750. The van der Waals surface area contributed by atoms with E-state index in [0.717, 1.165) is 42.3 Å². The van der Waals surface area contributed by atoms with Crippen LogP contribution in [0.4, 0.5) is 0 Å². The molecule has 0 radical (unpaired) electrons. The highest BCUT2D eigenvalue weighted by Gasteiger charge is 2.35. The van der Waals surface area contributed by atoms with Gasteiger partial charge in [0.1, 0.15) is 5.75 Å². The Bertz CT molecular complexity index is 794. The Balaban J connectivity index is 1.26. The first-order valence-corrected chi connectivity index (χ1v) is 9.84. The fourth-order valence-corrected chi connectivity index (χ4v) is 4.23. The number of carbonyl (C=O) groups excluding carboxylic acids is 1. The number of hydrogen-bond donors (Lipinski definition) is 3. The molecule has 2 saturated carbocycles. The van der Waals surface area contributed by atoms with Crippen molar-refractivity contribution >= 4 is 16.8 Å². The van der Waals surface area contributed by atoms with Crippen molar-refractivity contribution in [1.82, 2.24) is 10.3 Å². The van der Waals surface area contributed by atoms with Gasteiger partial charge in [-0.15, -0.1) is 0 Å². The molecule has 2 fully saturated rings. The lowest BCUT2D eigenvalue weighted by Gasteiger charge is -2.30. The van der Waals surface area contributed by atoms with Gasteiger partial charge in [0, 0.05) is 29.6 Å². The number of aliphatic hydroxyl groups is 1. The minimum atomic E-state index is -0.554. The first kappa shape index (κ1) is 18.2. The maximum Gasteiger partial charge on any atom is 0.223 e. The standard InChI is InChI=1S/C21H27N3O3/c22-18-11-14(12-20(18)25)21(26)24-15-3-5-16(6-4-15)27-17-7-8-19-13(10-17)2-1-9-23-19/h1-2,7-10,14-16,18,20,25H,3-6,11-12,22H2,(H,24,26)/t14-,15?,16?,18+,20+/m0/s1. The van der Waals surface area contributed by atoms with Crippen molar-refractivity contribution < 1.29 is 14.6 Å². The molecule has 6 nitrogen and oxygen atoms in total. The summed E-state index contributed by atoms with van der Waals surface area (Å²) in [7, 11) is 0. The number of benzene rings is 1. The van der Waals surface area contributed by atoms with Crippen LogP contribution >= 0.6 is 0 Å². The van der Waals surface area contributed by atoms with Crippen LogP contribution < -0.4 is 15.8 Å². The molecule has 0 saturated heterocycles. The predicted octanol–water partition coefficient (Wildman–Crippen LogP) is 2.14. The maximum atomic E-state index is 12.4. The van der Waals surface area contributed by atoms with Crippen LogP contribution in [0.5, 0.6) is 5.75 Å². The summed E-state index contributed by atoms with van der Waals surface area (Å²) >= 11 is 0. The molecule has 0 spiro atoms. The Labute approximate surface area is 159 Å². The molecule has 2 aliphatic carbocycles. The third-order valence-electron chi connectivity index (χ3n) is 5.85. The van der Waals surface area contributed by atoms with E-state index in [4.69, 9.17) is 10.5 Å². The summed E-state index contributed by atoms with van der Waals surface area (Å²) in [6, 6.07) is 9.86. The van der Waals surface area contributed by atoms with E-state index >= 15 is 0 Å². The summed E-state index contributed by atoms with van der Waals surface area (Å²) in [6.45, 7) is 0. The first-order valence-electron chi connectivity index (χ1n) is 9.84. The number of aliphatic hydroxyl groups excluding tert-OH is 1. The third kappa shape index (κ3) is 4.22. The van der Waals surface area contributed by atoms with Crippen molar-refractivity contribution in [2.24, 2.45) is 11.7 Å². The van der Waals surface area contributed by atoms with Gasteiger partial charge in [-0.25, -0.2) is 0 Å². The van der Waals surface area contributed by atoms with E-state index in [-0.39, 0.29) is 30.0 Å². The number of nitrogens with one attached hydrogen (secondary N) is 1. The Hall–Kier alpha value is -2.18. The zero-order valence-corrected chi connectivity index (χ0v) is 15.4. The third-order valence-corrected chi connectivity index (χ3v) is 5.85. The Morgan fingerprint density at radius 1 is 1.19 bits per heavy atom. The Morgan fingerprint density at radius 2 is 2.00 bits per heavy atom. The van der Waals surface area contributed by atoms with Crippen LogP contribution in [0.1, 0.15) is 38.5 Å². The summed E-state index contributed by atoms with van der Waals surface area (Å²) in [6.07, 6.45) is 6.12. The van der Waals surface area contributed by atoms with Gasteiger partial charge in [0.15, 0.2) is 0 Å². The molecule has 4 N–H and O–H groups in total. The fourth-order valence-electron chi connectivity index (χ4n) is 4.23. The highest BCUT2D eigenvalue weighted by Crippen LogP contribution is 2.28. The van der Waals surface area contributed by atoms with Gasteiger partial charge in [-0.3, -0.25) is 9.78 Å². The average Bonchev–Trinajstić information content (AvgIpc) is 3.02. The minimum Gasteiger partial charge on any atom is -0.490 e. The van der Waals surface area contributed by atoms with Gasteiger partial charge in [-0.05, 0) is 62.8 Å². The molecule has 1 aromatic carbocycles. The number of amides is 1. The summed E-state index contributed by atoms with van der Waals surface area (Å²) in [5.41, 5.74) is 6.78. The van der Waals surface area contributed by atoms with Crippen molar-refractivity contribution in [3.05, 3.63) is 36.5 Å². The number of hydrogen-bond acceptors (Lipinski definition) is 5. The fraction of sp³-hybridized carbons (Fsp3) is 0.524. The quantitative estimate of drug-likeness (QED) is 0.767. The highest BCUT2D eigenvalue weighted by atomic mass is 16.5. The molecule has 6 heteroatoms. The van der Waals surface area contributed by atoms with Crippen molar-refractivity contribution in [3.63, 3.8) is 0 Å². The van der Waals surface area contributed by atoms with Gasteiger partial charge in [0.25, 0.3) is 0 Å². The predicted molar refractivity (Wildman–Crippen MR) is 103 cm³/mol. The lowest BCUT2D eigenvalue weighted by molar-refractivity contribution is -0.126. The molecule has 0 bridgehead atoms. The molecular weight excluding hydrogens is 342 g/mol. The molecule has 2 aromatic rings. The van der Waals surface area contributed by atoms with Gasteiger partial charge in [0.2, 0.25) is 5.91 Å². The monoisotopic (exact) mass is 369 g/mol. The lowest BCUT2D eigenvalue weighted by atomic mass is 9.92. The topological polar surface area (TPSA) is 97.5 Å². The van der Waals surface area contributed by atoms with E-state index in [9.17, 15) is 9.90 Å². The zero-order chi connectivity index (χ0) is 18.8. The molecule has 144 valence electrons. The molecule has 1 heterocycles. The van der Waals surface area contributed by atoms with Gasteiger partial charge >= 0.3 is 0 Å². The van der Waals surface area contributed by atoms with E-state index in [2.05, 4.69) is 10.3 Å². The van der Waals surface area contributed by atoms with Gasteiger partial charge in [-0.2, -0.15) is 0 Å². The normalized spacial score (nSPS) is 31.0. The Morgan fingerprint density at radius 3 is 2.74 bits per heavy atom. The second kappa shape index (κ2) is 7.82. The van der Waals surface area contributed by atoms with Crippen LogP contribution in [-0.2, 0) is 4.79 Å². The second-order valence-corrected chi connectivity index (χ2v) is 7.86. The van der Waals surface area contributed by atoms with E-state index in [1.807, 2.05) is 30.3 Å².